The van der Waals surface area contributed by atoms with Gasteiger partial charge in [0.2, 0.25) is 0 Å². The maximum atomic E-state index is 5.13. The number of ether oxygens (including phenoxy) is 1. The highest BCUT2D eigenvalue weighted by Crippen LogP contribution is 2.17. The van der Waals surface area contributed by atoms with Gasteiger partial charge in [0, 0.05) is 0 Å². The number of aryl methyl sites for hydroxylation is 2. The van der Waals surface area contributed by atoms with E-state index in [1.165, 1.54) is 11.1 Å². The standard InChI is InChI=1S/C9H12O/c1-7-4-5-8(2)9(6-7)10-3/h4-6H,1-3H3. The molecule has 0 N–H and O–H groups in total. The Morgan fingerprint density at radius 3 is 2.40 bits per heavy atom. The molecule has 1 aromatic carbocycles. The van der Waals surface area contributed by atoms with Crippen molar-refractivity contribution in [1.82, 2.24) is 0 Å². The van der Waals surface area contributed by atoms with Gasteiger partial charge in [-0.2, -0.15) is 0 Å². The molecule has 54 valence electrons. The van der Waals surface area contributed by atoms with Gasteiger partial charge >= 0.3 is 0 Å². The van der Waals surface area contributed by atoms with Crippen LogP contribution in [0.15, 0.2) is 18.2 Å². The first-order chi connectivity index (χ1) is 4.74. The summed E-state index contributed by atoms with van der Waals surface area (Å²) in [5.74, 6) is 0.972. The lowest BCUT2D eigenvalue weighted by Crippen LogP contribution is -1.86. The first kappa shape index (κ1) is 7.13. The van der Waals surface area contributed by atoms with E-state index in [2.05, 4.69) is 19.1 Å². The van der Waals surface area contributed by atoms with E-state index in [4.69, 9.17) is 4.74 Å². The van der Waals surface area contributed by atoms with Crippen molar-refractivity contribution >= 4 is 0 Å². The van der Waals surface area contributed by atoms with Crippen LogP contribution < -0.4 is 4.74 Å². The van der Waals surface area contributed by atoms with Crippen LogP contribution in [0.2, 0.25) is 0 Å². The van der Waals surface area contributed by atoms with Crippen LogP contribution in [-0.2, 0) is 0 Å². The van der Waals surface area contributed by atoms with Crippen molar-refractivity contribution in [2.75, 3.05) is 7.11 Å². The lowest BCUT2D eigenvalue weighted by molar-refractivity contribution is 0.411. The molecule has 1 aromatic rings. The van der Waals surface area contributed by atoms with E-state index in [-0.39, 0.29) is 0 Å². The monoisotopic (exact) mass is 136 g/mol. The van der Waals surface area contributed by atoms with E-state index < -0.39 is 0 Å². The summed E-state index contributed by atoms with van der Waals surface area (Å²) in [6, 6.07) is 6.18. The van der Waals surface area contributed by atoms with Gasteiger partial charge in [0.15, 0.2) is 0 Å². The second kappa shape index (κ2) is 2.74. The summed E-state index contributed by atoms with van der Waals surface area (Å²) in [5.41, 5.74) is 2.43. The summed E-state index contributed by atoms with van der Waals surface area (Å²) in [6.45, 7) is 4.10. The van der Waals surface area contributed by atoms with Crippen molar-refractivity contribution in [2.24, 2.45) is 0 Å². The quantitative estimate of drug-likeness (QED) is 0.575. The van der Waals surface area contributed by atoms with E-state index >= 15 is 0 Å². The molecule has 0 unspecified atom stereocenters. The van der Waals surface area contributed by atoms with Gasteiger partial charge in [-0.15, -0.1) is 0 Å². The zero-order valence-electron chi connectivity index (χ0n) is 6.64. The van der Waals surface area contributed by atoms with Crippen molar-refractivity contribution in [2.45, 2.75) is 13.8 Å². The molecular weight excluding hydrogens is 124 g/mol. The Bertz CT molecular complexity index is 228. The molecule has 1 rings (SSSR count). The Hall–Kier alpha value is -0.980. The molecule has 1 nitrogen and oxygen atoms in total. The molecule has 0 aromatic heterocycles. The Morgan fingerprint density at radius 1 is 1.20 bits per heavy atom. The predicted octanol–water partition coefficient (Wildman–Crippen LogP) is 2.31. The van der Waals surface area contributed by atoms with Crippen molar-refractivity contribution in [1.29, 1.82) is 0 Å². The van der Waals surface area contributed by atoms with E-state index in [9.17, 15) is 0 Å². The minimum Gasteiger partial charge on any atom is -0.496 e. The van der Waals surface area contributed by atoms with Gasteiger partial charge in [0.1, 0.15) is 5.75 Å². The fraction of sp³-hybridized carbons (Fsp3) is 0.333. The third-order valence-electron chi connectivity index (χ3n) is 1.56. The molecule has 0 aliphatic carbocycles. The van der Waals surface area contributed by atoms with E-state index in [1.807, 2.05) is 13.0 Å². The van der Waals surface area contributed by atoms with Crippen LogP contribution in [0.1, 0.15) is 11.1 Å². The molecule has 0 radical (unpaired) electrons. The van der Waals surface area contributed by atoms with Crippen molar-refractivity contribution in [3.63, 3.8) is 0 Å². The number of hydrogen-bond acceptors (Lipinski definition) is 1. The van der Waals surface area contributed by atoms with Crippen LogP contribution in [0.25, 0.3) is 0 Å². The predicted molar refractivity (Wildman–Crippen MR) is 42.5 cm³/mol. The molecule has 0 aliphatic rings. The summed E-state index contributed by atoms with van der Waals surface area (Å²) in [6.07, 6.45) is 0. The van der Waals surface area contributed by atoms with Gasteiger partial charge in [-0.3, -0.25) is 0 Å². The normalized spacial score (nSPS) is 9.50. The number of benzene rings is 1. The smallest absolute Gasteiger partial charge is 0.122 e. The van der Waals surface area contributed by atoms with Crippen molar-refractivity contribution in [3.8, 4) is 5.75 Å². The Labute approximate surface area is 61.6 Å². The highest BCUT2D eigenvalue weighted by Gasteiger charge is 1.94. The molecule has 0 bridgehead atoms. The van der Waals surface area contributed by atoms with Gasteiger partial charge in [0.25, 0.3) is 0 Å². The summed E-state index contributed by atoms with van der Waals surface area (Å²) in [7, 11) is 1.70. The van der Waals surface area contributed by atoms with E-state index in [1.54, 1.807) is 7.11 Å². The zero-order valence-corrected chi connectivity index (χ0v) is 6.64. The molecule has 0 saturated carbocycles. The molecule has 0 atom stereocenters. The number of methoxy groups -OCH3 is 1. The van der Waals surface area contributed by atoms with Crippen LogP contribution in [-0.4, -0.2) is 7.11 Å². The van der Waals surface area contributed by atoms with Crippen LogP contribution in [0.5, 0.6) is 5.75 Å². The van der Waals surface area contributed by atoms with Crippen LogP contribution >= 0.6 is 0 Å². The first-order valence-electron chi connectivity index (χ1n) is 3.35. The lowest BCUT2D eigenvalue weighted by atomic mass is 10.1. The molecular formula is C9H12O. The highest BCUT2D eigenvalue weighted by atomic mass is 16.5. The molecule has 0 aliphatic heterocycles. The largest absolute Gasteiger partial charge is 0.496 e. The van der Waals surface area contributed by atoms with Gasteiger partial charge in [-0.05, 0) is 31.0 Å². The average molecular weight is 136 g/mol. The maximum absolute atomic E-state index is 5.13. The van der Waals surface area contributed by atoms with Crippen molar-refractivity contribution in [3.05, 3.63) is 29.3 Å². The van der Waals surface area contributed by atoms with Gasteiger partial charge in [-0.25, -0.2) is 0 Å². The molecule has 0 fully saturated rings. The summed E-state index contributed by atoms with van der Waals surface area (Å²) in [5, 5.41) is 0. The van der Waals surface area contributed by atoms with E-state index in [0.717, 1.165) is 5.75 Å². The zero-order chi connectivity index (χ0) is 7.56. The van der Waals surface area contributed by atoms with Gasteiger partial charge in [-0.1, -0.05) is 12.1 Å². The molecule has 0 saturated heterocycles. The molecule has 10 heavy (non-hydrogen) atoms. The topological polar surface area (TPSA) is 9.23 Å². The number of hydrogen-bond donors (Lipinski definition) is 0. The minimum atomic E-state index is 0.972. The van der Waals surface area contributed by atoms with Crippen LogP contribution in [0.3, 0.4) is 0 Å². The summed E-state index contributed by atoms with van der Waals surface area (Å²) < 4.78 is 5.13. The number of rotatable bonds is 1. The lowest BCUT2D eigenvalue weighted by Gasteiger charge is -2.03. The average Bonchev–Trinajstić information content (AvgIpc) is 1.94. The molecule has 0 heterocycles. The Morgan fingerprint density at radius 2 is 1.90 bits per heavy atom. The first-order valence-corrected chi connectivity index (χ1v) is 3.35. The van der Waals surface area contributed by atoms with Gasteiger partial charge < -0.3 is 4.74 Å². The summed E-state index contributed by atoms with van der Waals surface area (Å²) >= 11 is 0. The minimum absolute atomic E-state index is 0.972. The molecule has 1 heteroatoms. The Balaban J connectivity index is 3.09. The van der Waals surface area contributed by atoms with Crippen LogP contribution in [0, 0.1) is 13.8 Å². The SMILES string of the molecule is COc1cc(C)ccc1C. The van der Waals surface area contributed by atoms with Crippen molar-refractivity contribution < 1.29 is 4.74 Å². The summed E-state index contributed by atoms with van der Waals surface area (Å²) in [4.78, 5) is 0. The molecule has 0 amide bonds. The molecule has 0 spiro atoms. The third kappa shape index (κ3) is 1.29. The maximum Gasteiger partial charge on any atom is 0.122 e. The third-order valence-corrected chi connectivity index (χ3v) is 1.56. The second-order valence-corrected chi connectivity index (χ2v) is 2.47. The van der Waals surface area contributed by atoms with Crippen LogP contribution in [0.4, 0.5) is 0 Å². The fourth-order valence-corrected chi connectivity index (χ4v) is 0.927. The van der Waals surface area contributed by atoms with Gasteiger partial charge in [0.05, 0.1) is 7.11 Å². The second-order valence-electron chi connectivity index (χ2n) is 2.47. The fourth-order valence-electron chi connectivity index (χ4n) is 0.927. The van der Waals surface area contributed by atoms with E-state index in [0.29, 0.717) is 0 Å². The highest BCUT2D eigenvalue weighted by molar-refractivity contribution is 5.35. The Kier molecular flexibility index (Phi) is 1.95.